The Morgan fingerprint density at radius 3 is 1.80 bits per heavy atom. The summed E-state index contributed by atoms with van der Waals surface area (Å²) in [6.07, 6.45) is 27.7. The van der Waals surface area contributed by atoms with Crippen LogP contribution in [0.3, 0.4) is 0 Å². The third-order valence-corrected chi connectivity index (χ3v) is 5.66. The van der Waals surface area contributed by atoms with Crippen molar-refractivity contribution in [2.24, 2.45) is 4.99 Å². The van der Waals surface area contributed by atoms with Crippen molar-refractivity contribution in [3.05, 3.63) is 12.2 Å². The van der Waals surface area contributed by atoms with Gasteiger partial charge in [0, 0.05) is 12.5 Å². The maximum Gasteiger partial charge on any atom is 0.433 e. The highest BCUT2D eigenvalue weighted by molar-refractivity contribution is 6.04. The maximum atomic E-state index is 11.2. The minimum atomic E-state index is -0.520. The SMILES string of the molecule is CCCCCCCCCCCCCCCCCC[N+]1=CC=CC(=NC(=O)OC)C1.[I-]. The van der Waals surface area contributed by atoms with Crippen LogP contribution in [0.1, 0.15) is 110 Å². The van der Waals surface area contributed by atoms with Crippen LogP contribution in [-0.2, 0) is 4.74 Å². The van der Waals surface area contributed by atoms with E-state index in [4.69, 9.17) is 0 Å². The fraction of sp³-hybridized carbons (Fsp3) is 0.800. The Kier molecular flexibility index (Phi) is 21.0. The smallest absolute Gasteiger partial charge is 0.433 e. The van der Waals surface area contributed by atoms with Crippen molar-refractivity contribution in [2.45, 2.75) is 110 Å². The van der Waals surface area contributed by atoms with Crippen LogP contribution < -0.4 is 24.0 Å². The average molecular weight is 533 g/mol. The Balaban J connectivity index is 0.00000841. The van der Waals surface area contributed by atoms with E-state index in [9.17, 15) is 4.79 Å². The predicted octanol–water partition coefficient (Wildman–Crippen LogP) is 4.11. The van der Waals surface area contributed by atoms with Gasteiger partial charge in [0.05, 0.1) is 7.11 Å². The Morgan fingerprint density at radius 2 is 1.33 bits per heavy atom. The number of allylic oxidation sites excluding steroid dienone is 1. The Hall–Kier alpha value is -0.720. The van der Waals surface area contributed by atoms with E-state index in [1.165, 1.54) is 110 Å². The van der Waals surface area contributed by atoms with Crippen molar-refractivity contribution in [3.63, 3.8) is 0 Å². The van der Waals surface area contributed by atoms with Crippen LogP contribution >= 0.6 is 0 Å². The topological polar surface area (TPSA) is 41.7 Å². The van der Waals surface area contributed by atoms with E-state index in [-0.39, 0.29) is 24.0 Å². The largest absolute Gasteiger partial charge is 1.00 e. The summed E-state index contributed by atoms with van der Waals surface area (Å²) in [4.78, 5) is 15.2. The quantitative estimate of drug-likeness (QED) is 0.161. The highest BCUT2D eigenvalue weighted by Crippen LogP contribution is 2.13. The Bertz CT molecular complexity index is 515. The first-order valence-corrected chi connectivity index (χ1v) is 12.2. The number of carbonyl (C=O) groups is 1. The van der Waals surface area contributed by atoms with Crippen molar-refractivity contribution in [3.8, 4) is 0 Å². The molecule has 1 heterocycles. The molecule has 0 N–H and O–H groups in total. The van der Waals surface area contributed by atoms with Crippen LogP contribution in [0.5, 0.6) is 0 Å². The first-order valence-electron chi connectivity index (χ1n) is 12.2. The monoisotopic (exact) mass is 532 g/mol. The number of aliphatic imine (C=N–C) groups is 1. The van der Waals surface area contributed by atoms with Gasteiger partial charge in [-0.25, -0.2) is 9.37 Å². The number of amides is 1. The van der Waals surface area contributed by atoms with E-state index < -0.39 is 6.09 Å². The molecule has 0 radical (unpaired) electrons. The van der Waals surface area contributed by atoms with Crippen LogP contribution in [-0.4, -0.2) is 42.8 Å². The van der Waals surface area contributed by atoms with Gasteiger partial charge in [-0.15, -0.1) is 0 Å². The number of unbranched alkanes of at least 4 members (excludes halogenated alkanes) is 15. The number of hydrogen-bond acceptors (Lipinski definition) is 2. The van der Waals surface area contributed by atoms with E-state index >= 15 is 0 Å². The molecule has 0 aromatic carbocycles. The van der Waals surface area contributed by atoms with Gasteiger partial charge in [0.15, 0.2) is 12.8 Å². The molecule has 0 bridgehead atoms. The summed E-state index contributed by atoms with van der Waals surface area (Å²) in [5.74, 6) is 0. The minimum absolute atomic E-state index is 0. The van der Waals surface area contributed by atoms with Gasteiger partial charge >= 0.3 is 6.09 Å². The normalized spacial score (nSPS) is 14.5. The molecule has 0 unspecified atom stereocenters. The van der Waals surface area contributed by atoms with Gasteiger partial charge in [0.1, 0.15) is 12.3 Å². The molecule has 5 heteroatoms. The van der Waals surface area contributed by atoms with Gasteiger partial charge in [0.25, 0.3) is 0 Å². The van der Waals surface area contributed by atoms with Crippen LogP contribution in [0.4, 0.5) is 4.79 Å². The molecule has 0 saturated heterocycles. The number of methoxy groups -OCH3 is 1. The van der Waals surface area contributed by atoms with Gasteiger partial charge in [-0.2, -0.15) is 4.99 Å². The number of rotatable bonds is 17. The predicted molar refractivity (Wildman–Crippen MR) is 125 cm³/mol. The average Bonchev–Trinajstić information content (AvgIpc) is 2.73. The summed E-state index contributed by atoms with van der Waals surface area (Å²) >= 11 is 0. The highest BCUT2D eigenvalue weighted by atomic mass is 127. The van der Waals surface area contributed by atoms with Crippen LogP contribution in [0.2, 0.25) is 0 Å². The molecule has 0 spiro atoms. The molecule has 1 rings (SSSR count). The molecule has 0 aromatic rings. The maximum absolute atomic E-state index is 11.2. The summed E-state index contributed by atoms with van der Waals surface area (Å²) < 4.78 is 6.82. The standard InChI is InChI=1S/C25H45N2O2.HI/c1-3-4-5-6-7-8-9-10-11-12-13-14-15-16-17-18-21-27-22-19-20-24(23-27)26-25(28)29-2;/h19-20,22H,3-18,21,23H2,1-2H3;1H/q+1;/p-1. The van der Waals surface area contributed by atoms with Crippen molar-refractivity contribution < 1.29 is 38.1 Å². The van der Waals surface area contributed by atoms with E-state index in [1.54, 1.807) is 0 Å². The summed E-state index contributed by atoms with van der Waals surface area (Å²) in [7, 11) is 1.36. The summed E-state index contributed by atoms with van der Waals surface area (Å²) in [6, 6.07) is 0. The molecule has 0 fully saturated rings. The van der Waals surface area contributed by atoms with Crippen molar-refractivity contribution in [1.29, 1.82) is 0 Å². The molecular formula is C25H45IN2O2. The highest BCUT2D eigenvalue weighted by Gasteiger charge is 2.12. The molecule has 1 aliphatic heterocycles. The molecule has 4 nitrogen and oxygen atoms in total. The second-order valence-electron chi connectivity index (χ2n) is 8.36. The molecule has 174 valence electrons. The Morgan fingerprint density at radius 1 is 0.867 bits per heavy atom. The van der Waals surface area contributed by atoms with Gasteiger partial charge in [-0.1, -0.05) is 96.8 Å². The lowest BCUT2D eigenvalue weighted by atomic mass is 10.0. The minimum Gasteiger partial charge on any atom is -1.00 e. The lowest BCUT2D eigenvalue weighted by molar-refractivity contribution is -0.508. The number of nitrogens with zero attached hydrogens (tertiary/aromatic N) is 2. The molecule has 1 amide bonds. The summed E-state index contributed by atoms with van der Waals surface area (Å²) in [6.45, 7) is 4.01. The fourth-order valence-corrected chi connectivity index (χ4v) is 3.84. The fourth-order valence-electron chi connectivity index (χ4n) is 3.84. The molecule has 0 aromatic heterocycles. The second-order valence-corrected chi connectivity index (χ2v) is 8.36. The molecule has 0 saturated carbocycles. The number of ether oxygens (including phenoxy) is 1. The van der Waals surface area contributed by atoms with Crippen molar-refractivity contribution in [1.82, 2.24) is 0 Å². The second kappa shape index (κ2) is 21.5. The lowest BCUT2D eigenvalue weighted by Gasteiger charge is -2.07. The zero-order valence-corrected chi connectivity index (χ0v) is 21.7. The summed E-state index contributed by atoms with van der Waals surface area (Å²) in [5, 5.41) is 0. The van der Waals surface area contributed by atoms with Crippen LogP contribution in [0, 0.1) is 0 Å². The van der Waals surface area contributed by atoms with E-state index in [0.717, 1.165) is 12.3 Å². The van der Waals surface area contributed by atoms with Crippen LogP contribution in [0.15, 0.2) is 17.1 Å². The van der Waals surface area contributed by atoms with Crippen LogP contribution in [0.25, 0.3) is 0 Å². The van der Waals surface area contributed by atoms with Crippen molar-refractivity contribution >= 4 is 18.0 Å². The molecular weight excluding hydrogens is 487 g/mol. The van der Waals surface area contributed by atoms with Gasteiger partial charge in [-0.3, -0.25) is 0 Å². The first-order chi connectivity index (χ1) is 14.3. The molecule has 1 aliphatic rings. The van der Waals surface area contributed by atoms with E-state index in [2.05, 4.69) is 27.4 Å². The van der Waals surface area contributed by atoms with Gasteiger partial charge in [0.2, 0.25) is 0 Å². The number of hydrogen-bond donors (Lipinski definition) is 0. The van der Waals surface area contributed by atoms with Gasteiger partial charge in [-0.05, 0) is 12.5 Å². The van der Waals surface area contributed by atoms with Gasteiger partial charge < -0.3 is 28.7 Å². The zero-order chi connectivity index (χ0) is 21.0. The van der Waals surface area contributed by atoms with Crippen molar-refractivity contribution in [2.75, 3.05) is 20.2 Å². The molecule has 0 aliphatic carbocycles. The number of carbonyl (C=O) groups excluding carboxylic acids is 1. The number of halogens is 1. The van der Waals surface area contributed by atoms with E-state index in [0.29, 0.717) is 6.54 Å². The molecule has 0 atom stereocenters. The zero-order valence-electron chi connectivity index (χ0n) is 19.5. The van der Waals surface area contributed by atoms with E-state index in [1.807, 2.05) is 12.2 Å². The summed E-state index contributed by atoms with van der Waals surface area (Å²) in [5.41, 5.74) is 0.774. The Labute approximate surface area is 202 Å². The first kappa shape index (κ1) is 29.3. The lowest BCUT2D eigenvalue weighted by Crippen LogP contribution is -3.00. The third-order valence-electron chi connectivity index (χ3n) is 5.66. The third kappa shape index (κ3) is 17.0. The molecule has 30 heavy (non-hydrogen) atoms.